The molecule has 2 aromatic heterocycles. The summed E-state index contributed by atoms with van der Waals surface area (Å²) < 4.78 is 10.9. The largest absolute Gasteiger partial charge is 0.484 e. The van der Waals surface area contributed by atoms with Gasteiger partial charge in [0, 0.05) is 44.4 Å². The molecule has 3 aromatic rings. The average Bonchev–Trinajstić information content (AvgIpc) is 3.32. The zero-order valence-electron chi connectivity index (χ0n) is 18.8. The molecule has 0 spiro atoms. The van der Waals surface area contributed by atoms with Crippen LogP contribution >= 0.6 is 0 Å². The number of amides is 1. The quantitative estimate of drug-likeness (QED) is 0.561. The number of benzene rings is 1. The molecule has 1 saturated heterocycles. The second kappa shape index (κ2) is 9.80. The summed E-state index contributed by atoms with van der Waals surface area (Å²) in [5, 5.41) is 3.98. The van der Waals surface area contributed by atoms with Crippen molar-refractivity contribution in [3.8, 4) is 17.1 Å². The molecule has 0 atom stereocenters. The SMILES string of the molecule is CCc1nc(-c2ccc(N3CCN(C(=O)COc4ccc(C(C)C)cc4)CC3)nc2)no1. The lowest BCUT2D eigenvalue weighted by Gasteiger charge is -2.35. The Balaban J connectivity index is 1.26. The fraction of sp³-hybridized carbons (Fsp3) is 0.417. The van der Waals surface area contributed by atoms with Crippen molar-refractivity contribution in [2.45, 2.75) is 33.1 Å². The first-order valence-electron chi connectivity index (χ1n) is 11.1. The highest BCUT2D eigenvalue weighted by Crippen LogP contribution is 2.21. The van der Waals surface area contributed by atoms with E-state index < -0.39 is 0 Å². The van der Waals surface area contributed by atoms with Crippen LogP contribution in [0.3, 0.4) is 0 Å². The molecule has 0 N–H and O–H groups in total. The second-order valence-electron chi connectivity index (χ2n) is 8.15. The highest BCUT2D eigenvalue weighted by Gasteiger charge is 2.22. The van der Waals surface area contributed by atoms with Gasteiger partial charge < -0.3 is 19.1 Å². The van der Waals surface area contributed by atoms with E-state index >= 15 is 0 Å². The van der Waals surface area contributed by atoms with Gasteiger partial charge in [0.2, 0.25) is 11.7 Å². The molecule has 1 fully saturated rings. The van der Waals surface area contributed by atoms with E-state index in [1.807, 2.05) is 48.2 Å². The van der Waals surface area contributed by atoms with Gasteiger partial charge in [0.15, 0.2) is 6.61 Å². The number of hydrogen-bond donors (Lipinski definition) is 0. The van der Waals surface area contributed by atoms with E-state index in [9.17, 15) is 4.79 Å². The van der Waals surface area contributed by atoms with Gasteiger partial charge in [0.25, 0.3) is 5.91 Å². The smallest absolute Gasteiger partial charge is 0.260 e. The van der Waals surface area contributed by atoms with Gasteiger partial charge in [-0.15, -0.1) is 0 Å². The van der Waals surface area contributed by atoms with Crippen molar-refractivity contribution >= 4 is 11.7 Å². The van der Waals surface area contributed by atoms with Crippen LogP contribution in [0.1, 0.15) is 38.1 Å². The number of anilines is 1. The lowest BCUT2D eigenvalue weighted by atomic mass is 10.0. The van der Waals surface area contributed by atoms with Gasteiger partial charge in [-0.05, 0) is 35.7 Å². The Morgan fingerprint density at radius 2 is 1.84 bits per heavy atom. The topological polar surface area (TPSA) is 84.6 Å². The minimum absolute atomic E-state index is 0.00438. The normalized spacial score (nSPS) is 14.1. The number of carbonyl (C=O) groups is 1. The summed E-state index contributed by atoms with van der Waals surface area (Å²) in [6, 6.07) is 11.8. The lowest BCUT2D eigenvalue weighted by molar-refractivity contribution is -0.133. The van der Waals surface area contributed by atoms with Gasteiger partial charge in [-0.25, -0.2) is 4.98 Å². The lowest BCUT2D eigenvalue weighted by Crippen LogP contribution is -2.50. The van der Waals surface area contributed by atoms with Crippen molar-refractivity contribution < 1.29 is 14.1 Å². The zero-order valence-corrected chi connectivity index (χ0v) is 18.8. The number of aryl methyl sites for hydroxylation is 1. The van der Waals surface area contributed by atoms with Gasteiger partial charge in [-0.1, -0.05) is 38.1 Å². The molecule has 32 heavy (non-hydrogen) atoms. The molecule has 1 aromatic carbocycles. The molecule has 4 rings (SSSR count). The van der Waals surface area contributed by atoms with Crippen LogP contribution in [0.15, 0.2) is 47.1 Å². The van der Waals surface area contributed by atoms with Crippen LogP contribution in [-0.2, 0) is 11.2 Å². The van der Waals surface area contributed by atoms with Gasteiger partial charge in [0.1, 0.15) is 11.6 Å². The first-order chi connectivity index (χ1) is 15.5. The second-order valence-corrected chi connectivity index (χ2v) is 8.15. The molecular formula is C24H29N5O3. The molecule has 3 heterocycles. The van der Waals surface area contributed by atoms with Crippen LogP contribution in [0.25, 0.3) is 11.4 Å². The van der Waals surface area contributed by atoms with Gasteiger partial charge in [-0.2, -0.15) is 4.98 Å². The van der Waals surface area contributed by atoms with Crippen LogP contribution in [0.2, 0.25) is 0 Å². The van der Waals surface area contributed by atoms with E-state index in [1.165, 1.54) is 5.56 Å². The van der Waals surface area contributed by atoms with E-state index in [-0.39, 0.29) is 12.5 Å². The standard InChI is InChI=1S/C24H29N5O3/c1-4-22-26-24(27-32-22)19-7-10-21(25-15-19)28-11-13-29(14-12-28)23(30)16-31-20-8-5-18(6-9-20)17(2)3/h5-10,15,17H,4,11-14,16H2,1-3H3. The third-order valence-corrected chi connectivity index (χ3v) is 5.64. The minimum Gasteiger partial charge on any atom is -0.484 e. The van der Waals surface area contributed by atoms with Crippen LogP contribution in [0.5, 0.6) is 5.75 Å². The first kappa shape index (κ1) is 21.8. The summed E-state index contributed by atoms with van der Waals surface area (Å²) in [6.07, 6.45) is 2.46. The number of nitrogens with zero attached hydrogens (tertiary/aromatic N) is 5. The summed E-state index contributed by atoms with van der Waals surface area (Å²) in [6.45, 7) is 9.06. The number of aromatic nitrogens is 3. The molecule has 1 aliphatic heterocycles. The first-order valence-corrected chi connectivity index (χ1v) is 11.1. The van der Waals surface area contributed by atoms with Crippen molar-refractivity contribution in [3.63, 3.8) is 0 Å². The Bertz CT molecular complexity index is 1020. The van der Waals surface area contributed by atoms with Gasteiger partial charge in [-0.3, -0.25) is 4.79 Å². The van der Waals surface area contributed by atoms with Gasteiger partial charge in [0.05, 0.1) is 0 Å². The molecule has 168 valence electrons. The fourth-order valence-electron chi connectivity index (χ4n) is 3.59. The Morgan fingerprint density at radius 1 is 1.09 bits per heavy atom. The monoisotopic (exact) mass is 435 g/mol. The fourth-order valence-corrected chi connectivity index (χ4v) is 3.59. The number of rotatable bonds is 7. The van der Waals surface area contributed by atoms with Crippen LogP contribution < -0.4 is 9.64 Å². The maximum absolute atomic E-state index is 12.6. The number of ether oxygens (including phenoxy) is 1. The average molecular weight is 436 g/mol. The van der Waals surface area contributed by atoms with Crippen molar-refractivity contribution in [2.75, 3.05) is 37.7 Å². The summed E-state index contributed by atoms with van der Waals surface area (Å²) in [5.74, 6) is 3.24. The third kappa shape index (κ3) is 5.07. The molecule has 0 bridgehead atoms. The Hall–Kier alpha value is -3.42. The molecule has 0 aliphatic carbocycles. The highest BCUT2D eigenvalue weighted by molar-refractivity contribution is 5.78. The number of pyridine rings is 1. The highest BCUT2D eigenvalue weighted by atomic mass is 16.5. The molecule has 8 heteroatoms. The molecule has 1 aliphatic rings. The predicted molar refractivity (Wildman–Crippen MR) is 122 cm³/mol. The van der Waals surface area contributed by atoms with Crippen molar-refractivity contribution in [3.05, 3.63) is 54.0 Å². The van der Waals surface area contributed by atoms with Crippen LogP contribution in [-0.4, -0.2) is 58.7 Å². The summed E-state index contributed by atoms with van der Waals surface area (Å²) >= 11 is 0. The summed E-state index contributed by atoms with van der Waals surface area (Å²) in [5.41, 5.74) is 2.08. The van der Waals surface area contributed by atoms with E-state index in [0.717, 1.165) is 30.2 Å². The molecular weight excluding hydrogens is 406 g/mol. The Kier molecular flexibility index (Phi) is 6.68. The molecule has 8 nitrogen and oxygen atoms in total. The van der Waals surface area contributed by atoms with Crippen LogP contribution in [0.4, 0.5) is 5.82 Å². The van der Waals surface area contributed by atoms with Crippen molar-refractivity contribution in [2.24, 2.45) is 0 Å². The molecule has 0 saturated carbocycles. The van der Waals surface area contributed by atoms with E-state index in [4.69, 9.17) is 9.26 Å². The van der Waals surface area contributed by atoms with E-state index in [2.05, 4.69) is 33.9 Å². The van der Waals surface area contributed by atoms with E-state index in [1.54, 1.807) is 6.20 Å². The third-order valence-electron chi connectivity index (χ3n) is 5.64. The Morgan fingerprint density at radius 3 is 2.44 bits per heavy atom. The maximum atomic E-state index is 12.6. The maximum Gasteiger partial charge on any atom is 0.260 e. The molecule has 0 radical (unpaired) electrons. The zero-order chi connectivity index (χ0) is 22.5. The number of piperazine rings is 1. The van der Waals surface area contributed by atoms with Crippen LogP contribution in [0, 0.1) is 0 Å². The van der Waals surface area contributed by atoms with Gasteiger partial charge >= 0.3 is 0 Å². The van der Waals surface area contributed by atoms with E-state index in [0.29, 0.717) is 37.1 Å². The Labute approximate surface area is 188 Å². The minimum atomic E-state index is 0.00438. The number of hydrogen-bond acceptors (Lipinski definition) is 7. The molecule has 0 unspecified atom stereocenters. The predicted octanol–water partition coefficient (Wildman–Crippen LogP) is 3.55. The molecule has 1 amide bonds. The van der Waals surface area contributed by atoms with Crippen molar-refractivity contribution in [1.82, 2.24) is 20.0 Å². The summed E-state index contributed by atoms with van der Waals surface area (Å²) in [7, 11) is 0. The van der Waals surface area contributed by atoms with Crippen molar-refractivity contribution in [1.29, 1.82) is 0 Å². The summed E-state index contributed by atoms with van der Waals surface area (Å²) in [4.78, 5) is 25.5. The number of carbonyl (C=O) groups excluding carboxylic acids is 1.